The normalized spacial score (nSPS) is 11.3. The molecule has 0 aliphatic rings. The van der Waals surface area contributed by atoms with Crippen molar-refractivity contribution in [2.45, 2.75) is 0 Å². The van der Waals surface area contributed by atoms with Crippen molar-refractivity contribution in [1.29, 1.82) is 5.26 Å². The topological polar surface area (TPSA) is 38.0 Å². The van der Waals surface area contributed by atoms with Crippen molar-refractivity contribution < 1.29 is 0 Å². The lowest BCUT2D eigenvalue weighted by atomic mass is 9.93. The van der Waals surface area contributed by atoms with E-state index in [2.05, 4.69) is 123 Å². The molecule has 0 atom stereocenters. The molecule has 4 heteroatoms. The number of nitrogens with zero attached hydrogens (tertiary/aromatic N) is 4. The first-order valence-electron chi connectivity index (χ1n) is 15.9. The highest BCUT2D eigenvalue weighted by atomic mass is 15.0. The van der Waals surface area contributed by atoms with Crippen molar-refractivity contribution in [3.8, 4) is 39.7 Å². The van der Waals surface area contributed by atoms with Crippen molar-refractivity contribution in [3.63, 3.8) is 0 Å². The van der Waals surface area contributed by atoms with Gasteiger partial charge in [0.1, 0.15) is 0 Å². The molecule has 7 aromatic carbocycles. The number of aromatic nitrogens is 2. The Morgan fingerprint density at radius 3 is 1.65 bits per heavy atom. The molecule has 2 heterocycles. The van der Waals surface area contributed by atoms with Gasteiger partial charge in [-0.2, -0.15) is 5.26 Å². The van der Waals surface area contributed by atoms with Crippen LogP contribution in [0.15, 0.2) is 158 Å². The number of hydrogen-bond donors (Lipinski definition) is 0. The minimum atomic E-state index is 0.609. The van der Waals surface area contributed by atoms with Crippen LogP contribution in [0.5, 0.6) is 0 Å². The minimum absolute atomic E-state index is 0.609. The van der Waals surface area contributed by atoms with Crippen molar-refractivity contribution in [1.82, 2.24) is 9.13 Å². The van der Waals surface area contributed by atoms with Gasteiger partial charge in [0.2, 0.25) is 0 Å². The molecule has 0 saturated heterocycles. The third-order valence-electron chi connectivity index (χ3n) is 9.38. The van der Waals surface area contributed by atoms with Gasteiger partial charge in [0.15, 0.2) is 5.69 Å². The van der Waals surface area contributed by atoms with E-state index in [4.69, 9.17) is 6.57 Å². The van der Waals surface area contributed by atoms with Crippen LogP contribution in [0.2, 0.25) is 0 Å². The maximum Gasteiger partial charge on any atom is 0.188 e. The van der Waals surface area contributed by atoms with Gasteiger partial charge in [-0.05, 0) is 71.1 Å². The van der Waals surface area contributed by atoms with E-state index in [9.17, 15) is 5.26 Å². The van der Waals surface area contributed by atoms with Gasteiger partial charge in [-0.25, -0.2) is 4.85 Å². The van der Waals surface area contributed by atoms with Gasteiger partial charge in [0.05, 0.1) is 46.0 Å². The summed E-state index contributed by atoms with van der Waals surface area (Å²) >= 11 is 0. The predicted molar refractivity (Wildman–Crippen MR) is 197 cm³/mol. The summed E-state index contributed by atoms with van der Waals surface area (Å²) in [6.45, 7) is 7.64. The molecule has 0 spiro atoms. The summed E-state index contributed by atoms with van der Waals surface area (Å²) in [7, 11) is 0. The van der Waals surface area contributed by atoms with Gasteiger partial charge in [0.25, 0.3) is 0 Å². The molecule has 0 unspecified atom stereocenters. The fourth-order valence-corrected chi connectivity index (χ4v) is 7.23. The van der Waals surface area contributed by atoms with Crippen LogP contribution in [0.3, 0.4) is 0 Å². The molecule has 0 aliphatic heterocycles. The molecular formula is C44H26N4. The molecule has 2 aromatic heterocycles. The van der Waals surface area contributed by atoms with Crippen LogP contribution in [-0.2, 0) is 0 Å². The Morgan fingerprint density at radius 2 is 1.02 bits per heavy atom. The first-order valence-corrected chi connectivity index (χ1v) is 15.9. The maximum absolute atomic E-state index is 10.5. The van der Waals surface area contributed by atoms with E-state index in [0.717, 1.165) is 66.5 Å². The molecule has 9 aromatic rings. The van der Waals surface area contributed by atoms with E-state index in [0.29, 0.717) is 11.3 Å². The van der Waals surface area contributed by atoms with Gasteiger partial charge in [-0.3, -0.25) is 0 Å². The first-order chi connectivity index (χ1) is 23.7. The van der Waals surface area contributed by atoms with Crippen LogP contribution in [0.4, 0.5) is 5.69 Å². The van der Waals surface area contributed by atoms with E-state index in [-0.39, 0.29) is 0 Å². The second-order valence-corrected chi connectivity index (χ2v) is 12.0. The van der Waals surface area contributed by atoms with Crippen molar-refractivity contribution >= 4 is 49.3 Å². The molecule has 0 fully saturated rings. The Labute approximate surface area is 277 Å². The van der Waals surface area contributed by atoms with Gasteiger partial charge in [-0.15, -0.1) is 0 Å². The van der Waals surface area contributed by atoms with Crippen LogP contribution in [-0.4, -0.2) is 9.13 Å². The predicted octanol–water partition coefficient (Wildman–Crippen LogP) is 11.6. The van der Waals surface area contributed by atoms with E-state index in [1.807, 2.05) is 54.6 Å². The smallest absolute Gasteiger partial charge is 0.188 e. The lowest BCUT2D eigenvalue weighted by molar-refractivity contribution is 1.18. The lowest BCUT2D eigenvalue weighted by Gasteiger charge is -2.18. The summed E-state index contributed by atoms with van der Waals surface area (Å²) < 4.78 is 4.58. The number of fused-ring (bicyclic) bond motifs is 6. The number of hydrogen-bond acceptors (Lipinski definition) is 1. The Hall–Kier alpha value is -6.88. The lowest BCUT2D eigenvalue weighted by Crippen LogP contribution is -2.00. The molecular weight excluding hydrogens is 585 g/mol. The van der Waals surface area contributed by atoms with Gasteiger partial charge < -0.3 is 9.13 Å². The third-order valence-corrected chi connectivity index (χ3v) is 9.38. The molecule has 0 saturated carbocycles. The monoisotopic (exact) mass is 610 g/mol. The Bertz CT molecular complexity index is 2730. The van der Waals surface area contributed by atoms with Crippen LogP contribution in [0, 0.1) is 17.9 Å². The van der Waals surface area contributed by atoms with Crippen LogP contribution < -0.4 is 0 Å². The molecule has 0 bridgehead atoms. The van der Waals surface area contributed by atoms with E-state index >= 15 is 0 Å². The highest BCUT2D eigenvalue weighted by Gasteiger charge is 2.20. The molecule has 4 nitrogen and oxygen atoms in total. The zero-order valence-corrected chi connectivity index (χ0v) is 25.8. The Morgan fingerprint density at radius 1 is 0.479 bits per heavy atom. The number of rotatable bonds is 4. The zero-order valence-electron chi connectivity index (χ0n) is 25.8. The zero-order chi connectivity index (χ0) is 32.2. The van der Waals surface area contributed by atoms with Crippen molar-refractivity contribution in [2.24, 2.45) is 0 Å². The second kappa shape index (κ2) is 10.9. The fourth-order valence-electron chi connectivity index (χ4n) is 7.23. The summed E-state index contributed by atoms with van der Waals surface area (Å²) in [5.74, 6) is 0. The van der Waals surface area contributed by atoms with E-state index < -0.39 is 0 Å². The SMILES string of the molecule is [C-]#[N+]c1ccc2c(c1)c1ccccc1n2-c1cc(-c2ccc(-n3c4ccccc4c4ccccc43)cc2)c(C#N)cc1-c1ccccc1. The first kappa shape index (κ1) is 27.4. The quantitative estimate of drug-likeness (QED) is 0.183. The van der Waals surface area contributed by atoms with Crippen molar-refractivity contribution in [3.05, 3.63) is 175 Å². The van der Waals surface area contributed by atoms with Crippen LogP contribution in [0.1, 0.15) is 5.56 Å². The maximum atomic E-state index is 10.5. The average molecular weight is 611 g/mol. The number of nitriles is 1. The highest BCUT2D eigenvalue weighted by Crippen LogP contribution is 2.41. The number of benzene rings is 7. The average Bonchev–Trinajstić information content (AvgIpc) is 3.67. The van der Waals surface area contributed by atoms with Crippen LogP contribution >= 0.6 is 0 Å². The van der Waals surface area contributed by atoms with E-state index in [1.54, 1.807) is 0 Å². The summed E-state index contributed by atoms with van der Waals surface area (Å²) in [6.07, 6.45) is 0. The Balaban J connectivity index is 1.28. The Kier molecular flexibility index (Phi) is 6.22. The fraction of sp³-hybridized carbons (Fsp3) is 0. The van der Waals surface area contributed by atoms with Gasteiger partial charge >= 0.3 is 0 Å². The summed E-state index contributed by atoms with van der Waals surface area (Å²) in [5, 5.41) is 15.1. The second-order valence-electron chi connectivity index (χ2n) is 12.0. The van der Waals surface area contributed by atoms with Gasteiger partial charge in [0, 0.05) is 33.0 Å². The molecule has 0 aliphatic carbocycles. The van der Waals surface area contributed by atoms with Crippen LogP contribution in [0.25, 0.3) is 82.1 Å². The summed E-state index contributed by atoms with van der Waals surface area (Å²) in [4.78, 5) is 3.71. The van der Waals surface area contributed by atoms with Gasteiger partial charge in [-0.1, -0.05) is 103 Å². The molecule has 0 N–H and O–H groups in total. The minimum Gasteiger partial charge on any atom is -0.309 e. The largest absolute Gasteiger partial charge is 0.309 e. The molecule has 0 amide bonds. The standard InChI is InChI=1S/C44H26N4/c1-46-32-21-24-43-39(26-32)36-15-7-10-18-42(36)48(43)44-27-37(31(28-45)25-38(44)29-11-3-2-4-12-29)30-19-22-33(23-20-30)47-40-16-8-5-13-34(40)35-14-6-9-17-41(35)47/h2-27H. The number of para-hydroxylation sites is 3. The molecule has 222 valence electrons. The third kappa shape index (κ3) is 4.14. The molecule has 48 heavy (non-hydrogen) atoms. The van der Waals surface area contributed by atoms with E-state index in [1.165, 1.54) is 10.8 Å². The molecule has 9 rings (SSSR count). The summed E-state index contributed by atoms with van der Waals surface area (Å²) in [6, 6.07) is 56.7. The highest BCUT2D eigenvalue weighted by molar-refractivity contribution is 6.11. The van der Waals surface area contributed by atoms with Crippen molar-refractivity contribution in [2.75, 3.05) is 0 Å². The summed E-state index contributed by atoms with van der Waals surface area (Å²) in [5.41, 5.74) is 11.5. The molecule has 0 radical (unpaired) electrons.